The quantitative estimate of drug-likeness (QED) is 0.731. The smallest absolute Gasteiger partial charge is 0.139 e. The van der Waals surface area contributed by atoms with E-state index in [4.69, 9.17) is 16.3 Å². The van der Waals surface area contributed by atoms with Crippen LogP contribution >= 0.6 is 11.6 Å². The average molecular weight is 184 g/mol. The highest BCUT2D eigenvalue weighted by Crippen LogP contribution is 2.27. The van der Waals surface area contributed by atoms with Crippen LogP contribution in [0.15, 0.2) is 12.1 Å². The number of rotatable bonds is 1. The van der Waals surface area contributed by atoms with E-state index in [1.807, 2.05) is 0 Å². The number of hydrogen-bond donors (Lipinski definition) is 1. The minimum absolute atomic E-state index is 0.541. The molecule has 5 heteroatoms. The molecule has 1 N–H and O–H groups in total. The van der Waals surface area contributed by atoms with Gasteiger partial charge in [-0.15, -0.1) is 0 Å². The van der Waals surface area contributed by atoms with Gasteiger partial charge in [0.05, 0.1) is 12.1 Å². The highest BCUT2D eigenvalue weighted by molar-refractivity contribution is 6.32. The lowest BCUT2D eigenvalue weighted by Gasteiger charge is -2.00. The van der Waals surface area contributed by atoms with Crippen molar-refractivity contribution in [1.82, 2.24) is 15.4 Å². The number of ether oxygens (including phenoxy) is 1. The molecule has 1 aromatic carbocycles. The van der Waals surface area contributed by atoms with Gasteiger partial charge in [-0.25, -0.2) is 0 Å². The van der Waals surface area contributed by atoms with Crippen molar-refractivity contribution in [2.24, 2.45) is 0 Å². The summed E-state index contributed by atoms with van der Waals surface area (Å²) < 4.78 is 5.01. The number of benzene rings is 1. The highest BCUT2D eigenvalue weighted by atomic mass is 35.5. The molecule has 2 rings (SSSR count). The molecule has 0 aliphatic rings. The molecule has 0 radical (unpaired) electrons. The first kappa shape index (κ1) is 7.36. The van der Waals surface area contributed by atoms with Gasteiger partial charge in [-0.05, 0) is 6.07 Å². The van der Waals surface area contributed by atoms with Crippen LogP contribution in [0.5, 0.6) is 5.75 Å². The molecular formula is C7H6ClN3O. The van der Waals surface area contributed by atoms with E-state index in [2.05, 4.69) is 15.4 Å². The molecule has 12 heavy (non-hydrogen) atoms. The third-order valence-electron chi connectivity index (χ3n) is 1.59. The molecule has 0 aliphatic heterocycles. The number of nitrogens with one attached hydrogen (secondary N) is 1. The molecule has 0 amide bonds. The van der Waals surface area contributed by atoms with Gasteiger partial charge in [0.25, 0.3) is 0 Å². The van der Waals surface area contributed by atoms with Crippen LogP contribution in [0.4, 0.5) is 0 Å². The Labute approximate surface area is 73.5 Å². The summed E-state index contributed by atoms with van der Waals surface area (Å²) in [5.74, 6) is 0.609. The summed E-state index contributed by atoms with van der Waals surface area (Å²) in [6.45, 7) is 0. The maximum atomic E-state index is 5.85. The number of aromatic nitrogens is 3. The summed E-state index contributed by atoms with van der Waals surface area (Å²) in [4.78, 5) is 0. The van der Waals surface area contributed by atoms with E-state index in [9.17, 15) is 0 Å². The summed E-state index contributed by atoms with van der Waals surface area (Å²) in [5, 5.41) is 10.8. The summed E-state index contributed by atoms with van der Waals surface area (Å²) in [6.07, 6.45) is 0. The number of aromatic amines is 1. The van der Waals surface area contributed by atoms with Gasteiger partial charge in [0, 0.05) is 6.07 Å². The molecule has 2 aromatic rings. The van der Waals surface area contributed by atoms with Crippen molar-refractivity contribution in [2.75, 3.05) is 7.11 Å². The van der Waals surface area contributed by atoms with Crippen molar-refractivity contribution in [1.29, 1.82) is 0 Å². The third-order valence-corrected chi connectivity index (χ3v) is 1.89. The lowest BCUT2D eigenvalue weighted by atomic mass is 10.3. The van der Waals surface area contributed by atoms with E-state index in [-0.39, 0.29) is 0 Å². The summed E-state index contributed by atoms with van der Waals surface area (Å²) >= 11 is 5.85. The van der Waals surface area contributed by atoms with Crippen LogP contribution in [-0.4, -0.2) is 22.5 Å². The number of hydrogen-bond acceptors (Lipinski definition) is 3. The average Bonchev–Trinajstić information content (AvgIpc) is 2.49. The van der Waals surface area contributed by atoms with Crippen molar-refractivity contribution in [2.45, 2.75) is 0 Å². The predicted molar refractivity (Wildman–Crippen MR) is 45.5 cm³/mol. The molecule has 1 aromatic heterocycles. The van der Waals surface area contributed by atoms with Gasteiger partial charge in [-0.2, -0.15) is 15.4 Å². The summed E-state index contributed by atoms with van der Waals surface area (Å²) in [7, 11) is 1.56. The van der Waals surface area contributed by atoms with E-state index in [0.717, 1.165) is 11.0 Å². The zero-order valence-corrected chi connectivity index (χ0v) is 7.09. The number of H-pyrrole nitrogens is 1. The lowest BCUT2D eigenvalue weighted by molar-refractivity contribution is 0.415. The molecule has 0 spiro atoms. The van der Waals surface area contributed by atoms with Crippen LogP contribution in [0.3, 0.4) is 0 Å². The number of halogens is 1. The normalized spacial score (nSPS) is 10.5. The van der Waals surface area contributed by atoms with Gasteiger partial charge in [0.2, 0.25) is 0 Å². The predicted octanol–water partition coefficient (Wildman–Crippen LogP) is 1.62. The van der Waals surface area contributed by atoms with Crippen LogP contribution in [0.1, 0.15) is 0 Å². The second kappa shape index (κ2) is 2.64. The fraction of sp³-hybridized carbons (Fsp3) is 0.143. The Kier molecular flexibility index (Phi) is 1.62. The molecule has 62 valence electrons. The minimum atomic E-state index is 0.541. The Morgan fingerprint density at radius 1 is 1.33 bits per heavy atom. The summed E-state index contributed by atoms with van der Waals surface area (Å²) in [5.41, 5.74) is 1.48. The highest BCUT2D eigenvalue weighted by Gasteiger charge is 2.04. The van der Waals surface area contributed by atoms with Gasteiger partial charge >= 0.3 is 0 Å². The lowest BCUT2D eigenvalue weighted by Crippen LogP contribution is -1.83. The fourth-order valence-corrected chi connectivity index (χ4v) is 1.24. The first-order valence-electron chi connectivity index (χ1n) is 3.35. The van der Waals surface area contributed by atoms with E-state index >= 15 is 0 Å². The maximum Gasteiger partial charge on any atom is 0.139 e. The zero-order chi connectivity index (χ0) is 8.55. The number of nitrogens with zero attached hydrogens (tertiary/aromatic N) is 2. The Balaban J connectivity index is 2.73. The fourth-order valence-electron chi connectivity index (χ4n) is 1.00. The molecule has 0 bridgehead atoms. The van der Waals surface area contributed by atoms with Crippen molar-refractivity contribution >= 4 is 22.6 Å². The van der Waals surface area contributed by atoms with Crippen LogP contribution < -0.4 is 4.74 Å². The molecular weight excluding hydrogens is 178 g/mol. The third kappa shape index (κ3) is 1.00. The van der Waals surface area contributed by atoms with Crippen molar-refractivity contribution in [3.63, 3.8) is 0 Å². The molecule has 1 heterocycles. The Hall–Kier alpha value is -1.29. The van der Waals surface area contributed by atoms with Gasteiger partial charge < -0.3 is 4.74 Å². The Bertz CT molecular complexity index is 412. The van der Waals surface area contributed by atoms with Crippen LogP contribution in [0.2, 0.25) is 5.02 Å². The largest absolute Gasteiger partial charge is 0.495 e. The number of fused-ring (bicyclic) bond motifs is 1. The van der Waals surface area contributed by atoms with Gasteiger partial charge in [-0.3, -0.25) is 0 Å². The van der Waals surface area contributed by atoms with Gasteiger partial charge in [-0.1, -0.05) is 11.6 Å². The first-order chi connectivity index (χ1) is 5.81. The molecule has 0 atom stereocenters. The van der Waals surface area contributed by atoms with Crippen molar-refractivity contribution in [3.8, 4) is 5.75 Å². The second-order valence-corrected chi connectivity index (χ2v) is 2.71. The second-order valence-electron chi connectivity index (χ2n) is 2.30. The molecule has 4 nitrogen and oxygen atoms in total. The maximum absolute atomic E-state index is 5.85. The number of methoxy groups -OCH3 is 1. The molecule has 0 aliphatic carbocycles. The SMILES string of the molecule is COc1cc2n[nH]nc2cc1Cl. The minimum Gasteiger partial charge on any atom is -0.495 e. The Morgan fingerprint density at radius 2 is 2.00 bits per heavy atom. The van der Waals surface area contributed by atoms with Crippen LogP contribution in [0, 0.1) is 0 Å². The summed E-state index contributed by atoms with van der Waals surface area (Å²) in [6, 6.07) is 3.44. The van der Waals surface area contributed by atoms with E-state index in [0.29, 0.717) is 10.8 Å². The first-order valence-corrected chi connectivity index (χ1v) is 3.73. The van der Waals surface area contributed by atoms with Crippen LogP contribution in [0.25, 0.3) is 11.0 Å². The molecule has 0 saturated carbocycles. The molecule has 0 fully saturated rings. The standard InChI is InChI=1S/C7H6ClN3O/c1-12-7-3-6-5(2-4(7)8)9-11-10-6/h2-3H,1H3,(H,9,10,11). The van der Waals surface area contributed by atoms with E-state index in [1.54, 1.807) is 19.2 Å². The topological polar surface area (TPSA) is 50.8 Å². The van der Waals surface area contributed by atoms with Crippen molar-refractivity contribution in [3.05, 3.63) is 17.2 Å². The monoisotopic (exact) mass is 183 g/mol. The molecule has 0 unspecified atom stereocenters. The van der Waals surface area contributed by atoms with Gasteiger partial charge in [0.1, 0.15) is 16.8 Å². The molecule has 0 saturated heterocycles. The van der Waals surface area contributed by atoms with Gasteiger partial charge in [0.15, 0.2) is 0 Å². The van der Waals surface area contributed by atoms with Crippen LogP contribution in [-0.2, 0) is 0 Å². The van der Waals surface area contributed by atoms with Crippen molar-refractivity contribution < 1.29 is 4.74 Å². The van der Waals surface area contributed by atoms with E-state index < -0.39 is 0 Å². The zero-order valence-electron chi connectivity index (χ0n) is 6.34. The Morgan fingerprint density at radius 3 is 2.67 bits per heavy atom. The van der Waals surface area contributed by atoms with E-state index in [1.165, 1.54) is 0 Å².